The van der Waals surface area contributed by atoms with Gasteiger partial charge in [-0.2, -0.15) is 13.2 Å². The highest BCUT2D eigenvalue weighted by Crippen LogP contribution is 2.30. The molecule has 0 amide bonds. The van der Waals surface area contributed by atoms with Gasteiger partial charge in [0.05, 0.1) is 10.5 Å². The fourth-order valence-electron chi connectivity index (χ4n) is 0.791. The Morgan fingerprint density at radius 2 is 1.71 bits per heavy atom. The Labute approximate surface area is 81.2 Å². The molecule has 0 bridgehead atoms. The lowest BCUT2D eigenvalue weighted by molar-refractivity contribution is -0.284. The van der Waals surface area contributed by atoms with Gasteiger partial charge in [-0.15, -0.1) is 0 Å². The second kappa shape index (κ2) is 3.87. The van der Waals surface area contributed by atoms with Crippen LogP contribution in [0.25, 0.3) is 0 Å². The van der Waals surface area contributed by atoms with E-state index in [0.717, 1.165) is 24.3 Å². The van der Waals surface area contributed by atoms with Gasteiger partial charge < -0.3 is 0 Å². The Morgan fingerprint density at radius 3 is 2.07 bits per heavy atom. The van der Waals surface area contributed by atoms with Gasteiger partial charge in [-0.05, 0) is 24.3 Å². The van der Waals surface area contributed by atoms with Crippen LogP contribution in [0.15, 0.2) is 29.2 Å². The molecule has 0 aliphatic carbocycles. The molecule has 7 heteroatoms. The molecular formula is C7H4F3NO2S. The van der Waals surface area contributed by atoms with Gasteiger partial charge in [0, 0.05) is 0 Å². The summed E-state index contributed by atoms with van der Waals surface area (Å²) in [7, 11) is 0. The summed E-state index contributed by atoms with van der Waals surface area (Å²) in [5, 5.41) is 10.00. The van der Waals surface area contributed by atoms with Gasteiger partial charge in [-0.3, -0.25) is 10.1 Å². The van der Waals surface area contributed by atoms with Crippen LogP contribution in [-0.2, 0) is 6.18 Å². The van der Waals surface area contributed by atoms with Crippen molar-refractivity contribution >= 4 is 11.9 Å². The Balaban J connectivity index is 2.84. The minimum atomic E-state index is -4.40. The van der Waals surface area contributed by atoms with Crippen LogP contribution in [-0.4, -0.2) is 4.33 Å². The molecule has 3 nitrogen and oxygen atoms in total. The first-order chi connectivity index (χ1) is 6.39. The zero-order valence-electron chi connectivity index (χ0n) is 6.62. The van der Waals surface area contributed by atoms with E-state index in [9.17, 15) is 23.3 Å². The SMILES string of the molecule is O=[N+]([O-])Sc1ccc(C(F)(F)F)cc1. The van der Waals surface area contributed by atoms with Crippen molar-refractivity contribution in [2.75, 3.05) is 0 Å². The van der Waals surface area contributed by atoms with Crippen LogP contribution in [0.2, 0.25) is 0 Å². The highest BCUT2D eigenvalue weighted by molar-refractivity contribution is 7.93. The predicted molar refractivity (Wildman–Crippen MR) is 44.3 cm³/mol. The average Bonchev–Trinajstić information content (AvgIpc) is 2.02. The standard InChI is InChI=1S/C7H4F3NO2S/c8-7(9,10)5-1-3-6(4-2-5)14-11(12)13/h1-4H. The Hall–Kier alpha value is -1.24. The van der Waals surface area contributed by atoms with Crippen molar-refractivity contribution in [1.29, 1.82) is 0 Å². The van der Waals surface area contributed by atoms with Crippen molar-refractivity contribution in [3.05, 3.63) is 39.9 Å². The fourth-order valence-corrected chi connectivity index (χ4v) is 1.22. The van der Waals surface area contributed by atoms with Gasteiger partial charge in [0.1, 0.15) is 4.33 Å². The van der Waals surface area contributed by atoms with E-state index in [1.165, 1.54) is 0 Å². The molecule has 1 aromatic rings. The molecule has 1 rings (SSSR count). The van der Waals surface area contributed by atoms with E-state index < -0.39 is 16.1 Å². The lowest BCUT2D eigenvalue weighted by Gasteiger charge is -2.05. The van der Waals surface area contributed by atoms with E-state index >= 15 is 0 Å². The molecular weight excluding hydrogens is 219 g/mol. The molecule has 0 N–H and O–H groups in total. The first-order valence-corrected chi connectivity index (χ1v) is 4.16. The summed E-state index contributed by atoms with van der Waals surface area (Å²) in [5.74, 6) is 0. The van der Waals surface area contributed by atoms with Crippen LogP contribution in [0.4, 0.5) is 13.2 Å². The summed E-state index contributed by atoms with van der Waals surface area (Å²) >= 11 is 0.273. The van der Waals surface area contributed by atoms with Gasteiger partial charge in [0.15, 0.2) is 0 Å². The second-order valence-electron chi connectivity index (χ2n) is 2.34. The molecule has 0 aliphatic heterocycles. The van der Waals surface area contributed by atoms with Gasteiger partial charge in [0.25, 0.3) is 11.9 Å². The maximum absolute atomic E-state index is 12.0. The summed E-state index contributed by atoms with van der Waals surface area (Å²) in [4.78, 5) is 10.2. The van der Waals surface area contributed by atoms with Crippen molar-refractivity contribution in [3.63, 3.8) is 0 Å². The minimum absolute atomic E-state index is 0.169. The van der Waals surface area contributed by atoms with Crippen LogP contribution < -0.4 is 0 Å². The van der Waals surface area contributed by atoms with Crippen LogP contribution in [0, 0.1) is 10.1 Å². The predicted octanol–water partition coefficient (Wildman–Crippen LogP) is 2.99. The van der Waals surface area contributed by atoms with Gasteiger partial charge in [-0.1, -0.05) is 0 Å². The molecule has 0 saturated heterocycles. The number of nitro groups is 1. The molecule has 0 radical (unpaired) electrons. The third-order valence-electron chi connectivity index (χ3n) is 1.36. The quantitative estimate of drug-likeness (QED) is 0.439. The van der Waals surface area contributed by atoms with Crippen molar-refractivity contribution in [1.82, 2.24) is 0 Å². The average molecular weight is 223 g/mol. The van der Waals surface area contributed by atoms with E-state index in [1.54, 1.807) is 0 Å². The molecule has 1 aromatic carbocycles. The van der Waals surface area contributed by atoms with Crippen LogP contribution >= 0.6 is 11.9 Å². The third-order valence-corrected chi connectivity index (χ3v) is 1.99. The van der Waals surface area contributed by atoms with E-state index in [4.69, 9.17) is 0 Å². The third kappa shape index (κ3) is 2.91. The summed E-state index contributed by atoms with van der Waals surface area (Å²) < 4.78 is 35.4. The van der Waals surface area contributed by atoms with Gasteiger partial charge >= 0.3 is 6.18 Å². The number of halogens is 3. The van der Waals surface area contributed by atoms with E-state index in [-0.39, 0.29) is 16.8 Å². The molecule has 76 valence electrons. The highest BCUT2D eigenvalue weighted by Gasteiger charge is 2.30. The molecule has 0 saturated carbocycles. The largest absolute Gasteiger partial charge is 0.416 e. The van der Waals surface area contributed by atoms with Gasteiger partial charge in [0.2, 0.25) is 0 Å². The van der Waals surface area contributed by atoms with Crippen molar-refractivity contribution < 1.29 is 17.5 Å². The van der Waals surface area contributed by atoms with Crippen LogP contribution in [0.3, 0.4) is 0 Å². The number of alkyl halides is 3. The first kappa shape index (κ1) is 10.8. The zero-order chi connectivity index (χ0) is 10.8. The number of hydrogen-bond donors (Lipinski definition) is 0. The second-order valence-corrected chi connectivity index (χ2v) is 3.29. The van der Waals surface area contributed by atoms with E-state index in [1.807, 2.05) is 0 Å². The van der Waals surface area contributed by atoms with Crippen LogP contribution in [0.5, 0.6) is 0 Å². The maximum Gasteiger partial charge on any atom is 0.416 e. The highest BCUT2D eigenvalue weighted by atomic mass is 32.2. The molecule has 0 aromatic heterocycles. The normalized spacial score (nSPS) is 11.4. The molecule has 0 unspecified atom stereocenters. The summed E-state index contributed by atoms with van der Waals surface area (Å²) in [6, 6.07) is 3.75. The van der Waals surface area contributed by atoms with Crippen LogP contribution in [0.1, 0.15) is 5.56 Å². The molecule has 0 atom stereocenters. The Kier molecular flexibility index (Phi) is 3.00. The molecule has 0 heterocycles. The lowest BCUT2D eigenvalue weighted by atomic mass is 10.2. The number of nitrogens with zero attached hydrogens (tertiary/aromatic N) is 1. The van der Waals surface area contributed by atoms with Gasteiger partial charge in [-0.25, -0.2) is 0 Å². The van der Waals surface area contributed by atoms with E-state index in [2.05, 4.69) is 0 Å². The molecule has 0 fully saturated rings. The maximum atomic E-state index is 12.0. The summed E-state index contributed by atoms with van der Waals surface area (Å²) in [6.07, 6.45) is -4.40. The summed E-state index contributed by atoms with van der Waals surface area (Å²) in [5.41, 5.74) is -0.815. The monoisotopic (exact) mass is 223 g/mol. The van der Waals surface area contributed by atoms with Crippen molar-refractivity contribution in [2.45, 2.75) is 11.1 Å². The Bertz CT molecular complexity index is 336. The number of hydrogen-bond acceptors (Lipinski definition) is 3. The number of rotatable bonds is 2. The zero-order valence-corrected chi connectivity index (χ0v) is 7.43. The first-order valence-electron chi connectivity index (χ1n) is 3.39. The minimum Gasteiger partial charge on any atom is -0.250 e. The van der Waals surface area contributed by atoms with Crippen molar-refractivity contribution in [3.8, 4) is 0 Å². The Morgan fingerprint density at radius 1 is 1.21 bits per heavy atom. The number of benzene rings is 1. The molecule has 0 spiro atoms. The molecule has 14 heavy (non-hydrogen) atoms. The fraction of sp³-hybridized carbons (Fsp3) is 0.143. The topological polar surface area (TPSA) is 43.1 Å². The van der Waals surface area contributed by atoms with Crippen molar-refractivity contribution in [2.24, 2.45) is 0 Å². The lowest BCUT2D eigenvalue weighted by Crippen LogP contribution is -2.03. The summed E-state index contributed by atoms with van der Waals surface area (Å²) in [6.45, 7) is 0. The van der Waals surface area contributed by atoms with E-state index in [0.29, 0.717) is 0 Å². The smallest absolute Gasteiger partial charge is 0.250 e. The molecule has 0 aliphatic rings.